The summed E-state index contributed by atoms with van der Waals surface area (Å²) in [6.45, 7) is 3.03. The lowest BCUT2D eigenvalue weighted by Gasteiger charge is -2.18. The quantitative estimate of drug-likeness (QED) is 0.898. The van der Waals surface area contributed by atoms with Gasteiger partial charge in [-0.25, -0.2) is 0 Å². The predicted molar refractivity (Wildman–Crippen MR) is 87.0 cm³/mol. The highest BCUT2D eigenvalue weighted by Gasteiger charge is 2.17. The van der Waals surface area contributed by atoms with Crippen LogP contribution in [-0.2, 0) is 12.8 Å². The van der Waals surface area contributed by atoms with Crippen molar-refractivity contribution in [2.24, 2.45) is 0 Å². The Morgan fingerprint density at radius 3 is 2.57 bits per heavy atom. The minimum Gasteiger partial charge on any atom is -0.493 e. The van der Waals surface area contributed by atoms with Gasteiger partial charge in [-0.1, -0.05) is 49.7 Å². The number of hydrogen-bond donors (Lipinski definition) is 1. The second-order valence-electron chi connectivity index (χ2n) is 5.68. The fourth-order valence-electron chi connectivity index (χ4n) is 3.08. The number of ether oxygens (including phenoxy) is 1. The maximum Gasteiger partial charge on any atom is 0.122 e. The van der Waals surface area contributed by atoms with E-state index in [9.17, 15) is 0 Å². The lowest BCUT2D eigenvalue weighted by atomic mass is 9.95. The van der Waals surface area contributed by atoms with Crippen LogP contribution < -0.4 is 10.1 Å². The summed E-state index contributed by atoms with van der Waals surface area (Å²) in [5, 5.41) is 3.44. The third-order valence-electron chi connectivity index (χ3n) is 4.19. The van der Waals surface area contributed by atoms with Gasteiger partial charge in [0.25, 0.3) is 0 Å². The molecular formula is C19H23NO. The summed E-state index contributed by atoms with van der Waals surface area (Å²) in [5.41, 5.74) is 5.37. The maximum absolute atomic E-state index is 5.59. The highest BCUT2D eigenvalue weighted by atomic mass is 16.5. The van der Waals surface area contributed by atoms with Crippen LogP contribution in [-0.4, -0.2) is 13.7 Å². The van der Waals surface area contributed by atoms with Crippen molar-refractivity contribution in [1.82, 2.24) is 5.32 Å². The predicted octanol–water partition coefficient (Wildman–Crippen LogP) is 3.88. The van der Waals surface area contributed by atoms with Gasteiger partial charge in [0.15, 0.2) is 0 Å². The van der Waals surface area contributed by atoms with Gasteiger partial charge < -0.3 is 10.1 Å². The van der Waals surface area contributed by atoms with Gasteiger partial charge in [-0.15, -0.1) is 0 Å². The van der Waals surface area contributed by atoms with Gasteiger partial charge in [-0.05, 0) is 41.8 Å². The van der Waals surface area contributed by atoms with Crippen LogP contribution in [0.25, 0.3) is 0 Å². The van der Waals surface area contributed by atoms with Crippen molar-refractivity contribution in [1.29, 1.82) is 0 Å². The Bertz CT molecular complexity index is 603. The highest BCUT2D eigenvalue weighted by Crippen LogP contribution is 2.30. The summed E-state index contributed by atoms with van der Waals surface area (Å²) in [6.07, 6.45) is 3.37. The van der Waals surface area contributed by atoms with E-state index < -0.39 is 0 Å². The Morgan fingerprint density at radius 2 is 1.86 bits per heavy atom. The van der Waals surface area contributed by atoms with Crippen molar-refractivity contribution in [3.8, 4) is 5.75 Å². The van der Waals surface area contributed by atoms with Crippen molar-refractivity contribution in [3.05, 3.63) is 64.7 Å². The molecule has 2 heteroatoms. The van der Waals surface area contributed by atoms with Crippen LogP contribution in [0.4, 0.5) is 0 Å². The molecule has 0 saturated carbocycles. The van der Waals surface area contributed by atoms with Crippen LogP contribution in [0.5, 0.6) is 5.75 Å². The molecule has 2 aromatic rings. The van der Waals surface area contributed by atoms with E-state index in [-0.39, 0.29) is 6.04 Å². The van der Waals surface area contributed by atoms with Gasteiger partial charge in [-0.3, -0.25) is 0 Å². The van der Waals surface area contributed by atoms with E-state index in [1.807, 2.05) is 7.05 Å². The molecule has 0 bridgehead atoms. The standard InChI is InChI=1S/C19H23NO/c1-3-4-14-5-7-15(8-6-14)19(20-2)17-9-10-18-16(13-17)11-12-21-18/h5-10,13,19-20H,3-4,11-12H2,1-2H3. The Labute approximate surface area is 127 Å². The molecule has 1 atom stereocenters. The van der Waals surface area contributed by atoms with Crippen LogP contribution in [0, 0.1) is 0 Å². The van der Waals surface area contributed by atoms with Gasteiger partial charge in [0.05, 0.1) is 12.6 Å². The maximum atomic E-state index is 5.59. The zero-order valence-corrected chi connectivity index (χ0v) is 12.9. The van der Waals surface area contributed by atoms with Crippen molar-refractivity contribution in [3.63, 3.8) is 0 Å². The van der Waals surface area contributed by atoms with E-state index in [0.717, 1.165) is 25.2 Å². The van der Waals surface area contributed by atoms with Gasteiger partial charge in [-0.2, -0.15) is 0 Å². The molecule has 0 aromatic heterocycles. The molecule has 0 radical (unpaired) electrons. The molecule has 0 fully saturated rings. The van der Waals surface area contributed by atoms with Gasteiger partial charge in [0.1, 0.15) is 5.75 Å². The Balaban J connectivity index is 1.87. The average Bonchev–Trinajstić information content (AvgIpc) is 2.98. The average molecular weight is 281 g/mol. The van der Waals surface area contributed by atoms with E-state index in [1.54, 1.807) is 0 Å². The number of fused-ring (bicyclic) bond motifs is 1. The number of hydrogen-bond acceptors (Lipinski definition) is 2. The summed E-state index contributed by atoms with van der Waals surface area (Å²) in [5.74, 6) is 1.05. The molecule has 2 aromatic carbocycles. The molecule has 0 amide bonds. The van der Waals surface area contributed by atoms with Crippen LogP contribution in [0.15, 0.2) is 42.5 Å². The largest absolute Gasteiger partial charge is 0.493 e. The summed E-state index contributed by atoms with van der Waals surface area (Å²) < 4.78 is 5.59. The molecule has 1 heterocycles. The molecule has 2 nitrogen and oxygen atoms in total. The van der Waals surface area contributed by atoms with Crippen LogP contribution in [0.2, 0.25) is 0 Å². The zero-order valence-electron chi connectivity index (χ0n) is 12.9. The number of nitrogens with one attached hydrogen (secondary N) is 1. The minimum absolute atomic E-state index is 0.242. The van der Waals surface area contributed by atoms with Crippen LogP contribution >= 0.6 is 0 Å². The molecule has 1 aliphatic rings. The first kappa shape index (κ1) is 14.2. The molecule has 1 aliphatic heterocycles. The SMILES string of the molecule is CCCc1ccc(C(NC)c2ccc3c(c2)CCO3)cc1. The summed E-state index contributed by atoms with van der Waals surface area (Å²) >= 11 is 0. The fraction of sp³-hybridized carbons (Fsp3) is 0.368. The second kappa shape index (κ2) is 6.31. The number of benzene rings is 2. The van der Waals surface area contributed by atoms with E-state index in [0.29, 0.717) is 0 Å². The molecule has 3 rings (SSSR count). The minimum atomic E-state index is 0.242. The lowest BCUT2D eigenvalue weighted by molar-refractivity contribution is 0.357. The third kappa shape index (κ3) is 2.96. The molecule has 1 unspecified atom stereocenters. The highest BCUT2D eigenvalue weighted by molar-refractivity contribution is 5.43. The van der Waals surface area contributed by atoms with Gasteiger partial charge in [0, 0.05) is 6.42 Å². The normalized spacial score (nSPS) is 14.6. The first-order valence-electron chi connectivity index (χ1n) is 7.83. The number of rotatable bonds is 5. The van der Waals surface area contributed by atoms with Crippen molar-refractivity contribution < 1.29 is 4.74 Å². The first-order chi connectivity index (χ1) is 10.3. The summed E-state index contributed by atoms with van der Waals surface area (Å²) in [6, 6.07) is 15.8. The summed E-state index contributed by atoms with van der Waals surface area (Å²) in [4.78, 5) is 0. The zero-order chi connectivity index (χ0) is 14.7. The smallest absolute Gasteiger partial charge is 0.122 e. The first-order valence-corrected chi connectivity index (χ1v) is 7.83. The van der Waals surface area contributed by atoms with E-state index in [1.165, 1.54) is 28.7 Å². The topological polar surface area (TPSA) is 21.3 Å². The van der Waals surface area contributed by atoms with Gasteiger partial charge in [0.2, 0.25) is 0 Å². The number of aryl methyl sites for hydroxylation is 1. The van der Waals surface area contributed by atoms with Crippen LogP contribution in [0.1, 0.15) is 41.6 Å². The monoisotopic (exact) mass is 281 g/mol. The summed E-state index contributed by atoms with van der Waals surface area (Å²) in [7, 11) is 2.02. The Morgan fingerprint density at radius 1 is 1.10 bits per heavy atom. The fourth-order valence-corrected chi connectivity index (χ4v) is 3.08. The molecule has 0 spiro atoms. The molecule has 21 heavy (non-hydrogen) atoms. The van der Waals surface area contributed by atoms with E-state index >= 15 is 0 Å². The van der Waals surface area contributed by atoms with Crippen molar-refractivity contribution >= 4 is 0 Å². The molecule has 110 valence electrons. The molecular weight excluding hydrogens is 258 g/mol. The lowest BCUT2D eigenvalue weighted by Crippen LogP contribution is -2.17. The van der Waals surface area contributed by atoms with E-state index in [2.05, 4.69) is 54.7 Å². The third-order valence-corrected chi connectivity index (χ3v) is 4.19. The van der Waals surface area contributed by atoms with Crippen LogP contribution in [0.3, 0.4) is 0 Å². The van der Waals surface area contributed by atoms with Crippen molar-refractivity contribution in [2.75, 3.05) is 13.7 Å². The van der Waals surface area contributed by atoms with Crippen molar-refractivity contribution in [2.45, 2.75) is 32.2 Å². The Hall–Kier alpha value is -1.80. The van der Waals surface area contributed by atoms with Gasteiger partial charge >= 0.3 is 0 Å². The molecule has 0 aliphatic carbocycles. The molecule has 1 N–H and O–H groups in total. The Kier molecular flexibility index (Phi) is 4.26. The second-order valence-corrected chi connectivity index (χ2v) is 5.68. The molecule has 0 saturated heterocycles. The van der Waals surface area contributed by atoms with E-state index in [4.69, 9.17) is 4.74 Å².